The predicted molar refractivity (Wildman–Crippen MR) is 94.2 cm³/mol. The molecule has 0 bridgehead atoms. The number of nitrogens with one attached hydrogen (secondary N) is 1. The lowest BCUT2D eigenvalue weighted by molar-refractivity contribution is 0.102. The second kappa shape index (κ2) is 6.36. The molecule has 0 saturated carbocycles. The fourth-order valence-corrected chi connectivity index (χ4v) is 2.44. The Labute approximate surface area is 148 Å². The molecular formula is C17H16N8O. The number of hydrogen-bond donors (Lipinski definition) is 1. The van der Waals surface area contributed by atoms with Crippen LogP contribution in [0.15, 0.2) is 49.2 Å². The molecule has 0 fully saturated rings. The molecule has 0 aliphatic heterocycles. The minimum absolute atomic E-state index is 0.190. The second-order valence-electron chi connectivity index (χ2n) is 5.98. The first-order valence-corrected chi connectivity index (χ1v) is 8.10. The maximum absolute atomic E-state index is 12.6. The van der Waals surface area contributed by atoms with E-state index in [0.717, 1.165) is 5.69 Å². The van der Waals surface area contributed by atoms with Gasteiger partial charge in [0.2, 0.25) is 5.78 Å². The van der Waals surface area contributed by atoms with E-state index in [9.17, 15) is 4.79 Å². The third kappa shape index (κ3) is 2.90. The summed E-state index contributed by atoms with van der Waals surface area (Å²) in [6.07, 6.45) is 8.28. The Hall–Kier alpha value is -3.62. The van der Waals surface area contributed by atoms with Gasteiger partial charge in [0.15, 0.2) is 0 Å². The summed E-state index contributed by atoms with van der Waals surface area (Å²) >= 11 is 0. The molecule has 9 heteroatoms. The zero-order valence-corrected chi connectivity index (χ0v) is 14.2. The largest absolute Gasteiger partial charge is 0.305 e. The van der Waals surface area contributed by atoms with E-state index in [-0.39, 0.29) is 17.5 Å². The number of carbonyl (C=O) groups excluding carboxylic acids is 1. The summed E-state index contributed by atoms with van der Waals surface area (Å²) in [6.45, 7) is 4.05. The van der Waals surface area contributed by atoms with Gasteiger partial charge < -0.3 is 5.32 Å². The van der Waals surface area contributed by atoms with E-state index in [2.05, 4.69) is 30.4 Å². The molecule has 130 valence electrons. The van der Waals surface area contributed by atoms with Gasteiger partial charge in [-0.3, -0.25) is 9.20 Å². The monoisotopic (exact) mass is 348 g/mol. The second-order valence-corrected chi connectivity index (χ2v) is 5.98. The van der Waals surface area contributed by atoms with E-state index in [1.54, 1.807) is 47.5 Å². The predicted octanol–water partition coefficient (Wildman–Crippen LogP) is 2.08. The van der Waals surface area contributed by atoms with Gasteiger partial charge in [0, 0.05) is 37.1 Å². The molecule has 0 aliphatic carbocycles. The van der Waals surface area contributed by atoms with Crippen LogP contribution in [0.3, 0.4) is 0 Å². The van der Waals surface area contributed by atoms with Crippen molar-refractivity contribution in [1.82, 2.24) is 34.1 Å². The van der Waals surface area contributed by atoms with Crippen LogP contribution in [0, 0.1) is 0 Å². The van der Waals surface area contributed by atoms with E-state index < -0.39 is 0 Å². The third-order valence-electron chi connectivity index (χ3n) is 3.77. The highest BCUT2D eigenvalue weighted by Gasteiger charge is 2.18. The van der Waals surface area contributed by atoms with Crippen LogP contribution in [0.1, 0.15) is 35.9 Å². The summed E-state index contributed by atoms with van der Waals surface area (Å²) in [7, 11) is 0. The highest BCUT2D eigenvalue weighted by Crippen LogP contribution is 2.21. The summed E-state index contributed by atoms with van der Waals surface area (Å²) in [5.41, 5.74) is 1.08. The van der Waals surface area contributed by atoms with Crippen molar-refractivity contribution in [3.05, 3.63) is 60.6 Å². The molecular weight excluding hydrogens is 332 g/mol. The van der Waals surface area contributed by atoms with Crippen LogP contribution in [-0.2, 0) is 0 Å². The lowest BCUT2D eigenvalue weighted by Crippen LogP contribution is -2.16. The highest BCUT2D eigenvalue weighted by atomic mass is 16.2. The number of nitrogens with zero attached hydrogens (tertiary/aromatic N) is 7. The number of imidazole rings is 1. The molecule has 0 atom stereocenters. The number of hydrogen-bond acceptors (Lipinski definition) is 6. The number of amides is 1. The normalized spacial score (nSPS) is 11.2. The molecule has 4 rings (SSSR count). The van der Waals surface area contributed by atoms with Gasteiger partial charge in [0.05, 0.1) is 5.69 Å². The summed E-state index contributed by atoms with van der Waals surface area (Å²) in [4.78, 5) is 29.4. The van der Waals surface area contributed by atoms with E-state index in [0.29, 0.717) is 17.5 Å². The zero-order valence-electron chi connectivity index (χ0n) is 14.2. The maximum Gasteiger partial charge on any atom is 0.277 e. The van der Waals surface area contributed by atoms with Crippen molar-refractivity contribution in [1.29, 1.82) is 0 Å². The number of carbonyl (C=O) groups is 1. The molecule has 4 aromatic heterocycles. The minimum Gasteiger partial charge on any atom is -0.305 e. The van der Waals surface area contributed by atoms with Gasteiger partial charge >= 0.3 is 0 Å². The zero-order chi connectivity index (χ0) is 18.1. The van der Waals surface area contributed by atoms with Gasteiger partial charge in [-0.1, -0.05) is 13.8 Å². The Balaban J connectivity index is 1.69. The molecule has 0 aromatic carbocycles. The molecule has 4 aromatic rings. The summed E-state index contributed by atoms with van der Waals surface area (Å²) in [5, 5.41) is 7.35. The molecule has 0 saturated heterocycles. The number of fused-ring (bicyclic) bond motifs is 1. The first-order valence-electron chi connectivity index (χ1n) is 8.10. The van der Waals surface area contributed by atoms with Gasteiger partial charge in [-0.15, -0.1) is 0 Å². The Bertz CT molecular complexity index is 1030. The van der Waals surface area contributed by atoms with E-state index in [1.165, 1.54) is 4.68 Å². The fraction of sp³-hybridized carbons (Fsp3) is 0.176. The van der Waals surface area contributed by atoms with Gasteiger partial charge in [-0.25, -0.2) is 19.9 Å². The fourth-order valence-electron chi connectivity index (χ4n) is 2.44. The van der Waals surface area contributed by atoms with Crippen LogP contribution in [0.25, 0.3) is 11.7 Å². The average Bonchev–Trinajstić information content (AvgIpc) is 3.26. The summed E-state index contributed by atoms with van der Waals surface area (Å²) < 4.78 is 3.20. The highest BCUT2D eigenvalue weighted by molar-refractivity contribution is 6.02. The Kier molecular flexibility index (Phi) is 3.88. The summed E-state index contributed by atoms with van der Waals surface area (Å²) in [6, 6.07) is 5.30. The lowest BCUT2D eigenvalue weighted by Gasteiger charge is -2.05. The molecule has 4 heterocycles. The molecule has 0 unspecified atom stereocenters. The van der Waals surface area contributed by atoms with Crippen molar-refractivity contribution in [2.24, 2.45) is 0 Å². The number of rotatable bonds is 4. The van der Waals surface area contributed by atoms with Gasteiger partial charge in [0.1, 0.15) is 11.5 Å². The van der Waals surface area contributed by atoms with Crippen molar-refractivity contribution in [3.8, 4) is 5.95 Å². The molecule has 0 radical (unpaired) electrons. The smallest absolute Gasteiger partial charge is 0.277 e. The average molecular weight is 348 g/mol. The quantitative estimate of drug-likeness (QED) is 0.606. The standard InChI is InChI=1S/C17H16N8O/c1-11(2)12-9-14(25(23-12)16-18-5-3-6-19-16)22-15(26)13-10-24-8-4-7-20-17(24)21-13/h3-11H,1-2H3,(H,22,26). The van der Waals surface area contributed by atoms with Crippen LogP contribution < -0.4 is 5.32 Å². The van der Waals surface area contributed by atoms with Gasteiger partial charge in [0.25, 0.3) is 11.9 Å². The Morgan fingerprint density at radius 1 is 1.12 bits per heavy atom. The van der Waals surface area contributed by atoms with Crippen molar-refractivity contribution in [2.75, 3.05) is 5.32 Å². The van der Waals surface area contributed by atoms with E-state index in [1.807, 2.05) is 19.9 Å². The Morgan fingerprint density at radius 2 is 1.88 bits per heavy atom. The van der Waals surface area contributed by atoms with Crippen LogP contribution >= 0.6 is 0 Å². The third-order valence-corrected chi connectivity index (χ3v) is 3.77. The maximum atomic E-state index is 12.6. The lowest BCUT2D eigenvalue weighted by atomic mass is 10.1. The van der Waals surface area contributed by atoms with E-state index >= 15 is 0 Å². The minimum atomic E-state index is -0.358. The van der Waals surface area contributed by atoms with Crippen LogP contribution in [0.5, 0.6) is 0 Å². The Morgan fingerprint density at radius 3 is 2.62 bits per heavy atom. The molecule has 1 N–H and O–H groups in total. The molecule has 9 nitrogen and oxygen atoms in total. The number of anilines is 1. The SMILES string of the molecule is CC(C)c1cc(NC(=O)c2cn3cccnc3n2)n(-c2ncccn2)n1. The molecule has 0 aliphatic rings. The van der Waals surface area contributed by atoms with E-state index in [4.69, 9.17) is 0 Å². The van der Waals surface area contributed by atoms with Gasteiger partial charge in [-0.2, -0.15) is 9.78 Å². The molecule has 26 heavy (non-hydrogen) atoms. The molecule has 1 amide bonds. The van der Waals surface area contributed by atoms with Crippen molar-refractivity contribution >= 4 is 17.5 Å². The van der Waals surface area contributed by atoms with Crippen LogP contribution in [0.4, 0.5) is 5.82 Å². The number of aromatic nitrogens is 7. The first kappa shape index (κ1) is 15.9. The van der Waals surface area contributed by atoms with Crippen molar-refractivity contribution in [3.63, 3.8) is 0 Å². The summed E-state index contributed by atoms with van der Waals surface area (Å²) in [5.74, 6) is 1.15. The topological polar surface area (TPSA) is 103 Å². The first-order chi connectivity index (χ1) is 12.6. The van der Waals surface area contributed by atoms with Crippen LogP contribution in [-0.4, -0.2) is 40.0 Å². The molecule has 0 spiro atoms. The van der Waals surface area contributed by atoms with Crippen molar-refractivity contribution < 1.29 is 4.79 Å². The van der Waals surface area contributed by atoms with Crippen LogP contribution in [0.2, 0.25) is 0 Å². The van der Waals surface area contributed by atoms with Crippen molar-refractivity contribution in [2.45, 2.75) is 19.8 Å². The van der Waals surface area contributed by atoms with Gasteiger partial charge in [-0.05, 0) is 18.1 Å².